The Bertz CT molecular complexity index is 1880. The summed E-state index contributed by atoms with van der Waals surface area (Å²) in [5.74, 6) is -1.15. The quantitative estimate of drug-likeness (QED) is 0.143. The number of unbranched alkanes of at least 4 members (excludes halogenated alkanes) is 2. The van der Waals surface area contributed by atoms with E-state index in [9.17, 15) is 9.59 Å². The van der Waals surface area contributed by atoms with Gasteiger partial charge in [-0.25, -0.2) is 0 Å². The number of amides is 1. The minimum atomic E-state index is -1.36. The molecule has 4 aromatic carbocycles. The first kappa shape index (κ1) is 30.2. The molecule has 1 saturated heterocycles. The highest BCUT2D eigenvalue weighted by Crippen LogP contribution is 2.62. The molecule has 46 heavy (non-hydrogen) atoms. The summed E-state index contributed by atoms with van der Waals surface area (Å²) in [6, 6.07) is 26.9. The van der Waals surface area contributed by atoms with Gasteiger partial charge < -0.3 is 15.0 Å². The van der Waals surface area contributed by atoms with Gasteiger partial charge in [0.25, 0.3) is 0 Å². The number of aryl methyl sites for hydroxylation is 1. The van der Waals surface area contributed by atoms with Gasteiger partial charge in [-0.05, 0) is 81.4 Å². The molecule has 7 heteroatoms. The summed E-state index contributed by atoms with van der Waals surface area (Å²) in [6.45, 7) is 2.18. The highest BCUT2D eigenvalue weighted by molar-refractivity contribution is 9.10. The standard InChI is InChI=1S/C39H35BrN2O4/c1-3-4-5-10-24-15-17-26(18-16-24)35(43)33-34(36(44)27-19-20-32(46-2)30(40)23-27)42-22-21-25-11-6-7-12-28(25)37(42)39(33)29-13-8-9-14-31(29)41-38(39)45/h6-9,11-23,33-34,37H,3-5,10H2,1-2H3,(H,41,45)/t33-,34+,37-,39-/m0/s1. The lowest BCUT2D eigenvalue weighted by Crippen LogP contribution is -2.49. The van der Waals surface area contributed by atoms with E-state index in [0.717, 1.165) is 42.4 Å². The number of benzene rings is 4. The number of para-hydroxylation sites is 1. The number of ether oxygens (including phenoxy) is 1. The Balaban J connectivity index is 1.44. The highest BCUT2D eigenvalue weighted by Gasteiger charge is 2.70. The zero-order valence-corrected chi connectivity index (χ0v) is 27.4. The number of nitrogens with one attached hydrogen (secondary N) is 1. The summed E-state index contributed by atoms with van der Waals surface area (Å²) in [5, 5.41) is 3.11. The molecule has 4 atom stereocenters. The van der Waals surface area contributed by atoms with Gasteiger partial charge in [-0.3, -0.25) is 14.4 Å². The van der Waals surface area contributed by atoms with Gasteiger partial charge in [-0.1, -0.05) is 86.5 Å². The molecule has 3 aliphatic rings. The van der Waals surface area contributed by atoms with Crippen LogP contribution in [0.5, 0.6) is 5.75 Å². The van der Waals surface area contributed by atoms with E-state index >= 15 is 4.79 Å². The molecule has 1 fully saturated rings. The maximum Gasteiger partial charge on any atom is 0.238 e. The van der Waals surface area contributed by atoms with Crippen molar-refractivity contribution < 1.29 is 19.1 Å². The number of anilines is 1. The third kappa shape index (κ3) is 4.63. The second-order valence-electron chi connectivity index (χ2n) is 12.3. The first-order valence-electron chi connectivity index (χ1n) is 15.9. The number of hydrogen-bond donors (Lipinski definition) is 1. The van der Waals surface area contributed by atoms with Gasteiger partial charge in [0.15, 0.2) is 11.6 Å². The molecular formula is C39H35BrN2O4. The fourth-order valence-corrected chi connectivity index (χ4v) is 8.29. The van der Waals surface area contributed by atoms with Gasteiger partial charge in [0.2, 0.25) is 5.91 Å². The Morgan fingerprint density at radius 2 is 1.65 bits per heavy atom. The molecule has 1 spiro atoms. The molecule has 3 aliphatic heterocycles. The SMILES string of the molecule is CCCCCc1ccc(C(=O)[C@@H]2[C@H](C(=O)c3ccc(OC)c(Br)c3)N3C=Cc4ccccc4[C@H]3[C@@]23C(=O)Nc2ccccc23)cc1. The van der Waals surface area contributed by atoms with E-state index in [1.807, 2.05) is 90.0 Å². The van der Waals surface area contributed by atoms with Crippen molar-refractivity contribution in [3.63, 3.8) is 0 Å². The molecule has 0 radical (unpaired) electrons. The van der Waals surface area contributed by atoms with Crippen LogP contribution in [-0.2, 0) is 16.6 Å². The molecule has 6 nitrogen and oxygen atoms in total. The zero-order chi connectivity index (χ0) is 32.0. The Morgan fingerprint density at radius 1 is 0.913 bits per heavy atom. The van der Waals surface area contributed by atoms with Crippen molar-refractivity contribution in [2.24, 2.45) is 5.92 Å². The first-order chi connectivity index (χ1) is 22.4. The van der Waals surface area contributed by atoms with Crippen LogP contribution in [0.2, 0.25) is 0 Å². The van der Waals surface area contributed by atoms with Gasteiger partial charge in [-0.15, -0.1) is 0 Å². The molecule has 0 aromatic heterocycles. The molecule has 1 amide bonds. The zero-order valence-electron chi connectivity index (χ0n) is 25.8. The number of fused-ring (bicyclic) bond motifs is 6. The third-order valence-electron chi connectivity index (χ3n) is 9.87. The van der Waals surface area contributed by atoms with Gasteiger partial charge >= 0.3 is 0 Å². The number of methoxy groups -OCH3 is 1. The predicted molar refractivity (Wildman–Crippen MR) is 183 cm³/mol. The van der Waals surface area contributed by atoms with Gasteiger partial charge in [0.05, 0.1) is 23.5 Å². The number of carbonyl (C=O) groups excluding carboxylic acids is 3. The molecule has 0 aliphatic carbocycles. The smallest absolute Gasteiger partial charge is 0.238 e. The molecular weight excluding hydrogens is 640 g/mol. The lowest BCUT2D eigenvalue weighted by molar-refractivity contribution is -0.122. The minimum absolute atomic E-state index is 0.224. The molecule has 0 unspecified atom stereocenters. The van der Waals surface area contributed by atoms with Crippen LogP contribution in [0.15, 0.2) is 102 Å². The summed E-state index contributed by atoms with van der Waals surface area (Å²) >= 11 is 3.54. The molecule has 1 N–H and O–H groups in total. The molecule has 4 aromatic rings. The largest absolute Gasteiger partial charge is 0.496 e. The van der Waals surface area contributed by atoms with Crippen LogP contribution in [0.1, 0.15) is 75.2 Å². The Kier molecular flexibility index (Phi) is 7.89. The second kappa shape index (κ2) is 12.0. The van der Waals surface area contributed by atoms with E-state index in [-0.39, 0.29) is 17.5 Å². The number of nitrogens with zero attached hydrogens (tertiary/aromatic N) is 1. The summed E-state index contributed by atoms with van der Waals surface area (Å²) in [7, 11) is 1.57. The van der Waals surface area contributed by atoms with Gasteiger partial charge in [0, 0.05) is 23.0 Å². The lowest BCUT2D eigenvalue weighted by atomic mass is 9.62. The monoisotopic (exact) mass is 674 g/mol. The number of hydrogen-bond acceptors (Lipinski definition) is 5. The van der Waals surface area contributed by atoms with Crippen LogP contribution < -0.4 is 10.1 Å². The normalized spacial score (nSPS) is 22.3. The van der Waals surface area contributed by atoms with Crippen LogP contribution in [0, 0.1) is 5.92 Å². The van der Waals surface area contributed by atoms with E-state index in [0.29, 0.717) is 27.0 Å². The number of Topliss-reactive ketones (excluding diaryl/α,β-unsaturated/α-hetero) is 2. The number of halogens is 1. The summed E-state index contributed by atoms with van der Waals surface area (Å²) < 4.78 is 6.06. The fourth-order valence-electron chi connectivity index (χ4n) is 7.75. The van der Waals surface area contributed by atoms with Crippen molar-refractivity contribution in [1.82, 2.24) is 4.90 Å². The summed E-state index contributed by atoms with van der Waals surface area (Å²) in [5.41, 5.74) is 4.00. The van der Waals surface area contributed by atoms with Crippen molar-refractivity contribution in [3.8, 4) is 5.75 Å². The predicted octanol–water partition coefficient (Wildman–Crippen LogP) is 8.17. The molecule has 3 heterocycles. The topological polar surface area (TPSA) is 75.7 Å². The van der Waals surface area contributed by atoms with Crippen LogP contribution in [0.4, 0.5) is 5.69 Å². The maximum atomic E-state index is 15.1. The Hall–Kier alpha value is -4.49. The Morgan fingerprint density at radius 3 is 2.41 bits per heavy atom. The summed E-state index contributed by atoms with van der Waals surface area (Å²) in [4.78, 5) is 46.6. The van der Waals surface area contributed by atoms with Crippen molar-refractivity contribution in [2.75, 3.05) is 12.4 Å². The maximum absolute atomic E-state index is 15.1. The third-order valence-corrected chi connectivity index (χ3v) is 10.5. The van der Waals surface area contributed by atoms with Gasteiger partial charge in [0.1, 0.15) is 17.2 Å². The van der Waals surface area contributed by atoms with Crippen LogP contribution in [-0.4, -0.2) is 35.5 Å². The lowest BCUT2D eigenvalue weighted by Gasteiger charge is -2.38. The van der Waals surface area contributed by atoms with Crippen LogP contribution in [0.25, 0.3) is 6.08 Å². The van der Waals surface area contributed by atoms with Crippen molar-refractivity contribution in [3.05, 3.63) is 135 Å². The number of ketones is 2. The van der Waals surface area contributed by atoms with E-state index < -0.39 is 23.4 Å². The molecule has 0 saturated carbocycles. The average molecular weight is 676 g/mol. The van der Waals surface area contributed by atoms with Crippen molar-refractivity contribution in [2.45, 2.75) is 50.1 Å². The first-order valence-corrected chi connectivity index (χ1v) is 16.7. The van der Waals surface area contributed by atoms with Crippen LogP contribution in [0.3, 0.4) is 0 Å². The van der Waals surface area contributed by atoms with Gasteiger partial charge in [-0.2, -0.15) is 0 Å². The number of carbonyl (C=O) groups is 3. The highest BCUT2D eigenvalue weighted by atomic mass is 79.9. The second-order valence-corrected chi connectivity index (χ2v) is 13.2. The summed E-state index contributed by atoms with van der Waals surface area (Å²) in [6.07, 6.45) is 8.18. The van der Waals surface area contributed by atoms with Crippen LogP contribution >= 0.6 is 15.9 Å². The Labute approximate surface area is 277 Å². The van der Waals surface area contributed by atoms with E-state index in [1.165, 1.54) is 5.56 Å². The molecule has 232 valence electrons. The van der Waals surface area contributed by atoms with E-state index in [2.05, 4.69) is 28.2 Å². The van der Waals surface area contributed by atoms with Crippen molar-refractivity contribution in [1.29, 1.82) is 0 Å². The van der Waals surface area contributed by atoms with E-state index in [4.69, 9.17) is 4.74 Å². The molecule has 7 rings (SSSR count). The minimum Gasteiger partial charge on any atom is -0.496 e. The fraction of sp³-hybridized carbons (Fsp3) is 0.256. The van der Waals surface area contributed by atoms with Crippen molar-refractivity contribution >= 4 is 45.2 Å². The van der Waals surface area contributed by atoms with E-state index in [1.54, 1.807) is 25.3 Å². The molecule has 0 bridgehead atoms. The number of rotatable bonds is 9. The average Bonchev–Trinajstić information content (AvgIpc) is 3.56.